The minimum atomic E-state index is -0.697. The van der Waals surface area contributed by atoms with Gasteiger partial charge in [-0.25, -0.2) is 4.39 Å². The summed E-state index contributed by atoms with van der Waals surface area (Å²) >= 11 is 6.26. The molecule has 3 N–H and O–H groups in total. The molecule has 3 aromatic rings. The van der Waals surface area contributed by atoms with Gasteiger partial charge in [-0.05, 0) is 31.4 Å². The molecule has 0 aliphatic rings. The summed E-state index contributed by atoms with van der Waals surface area (Å²) in [7, 11) is 0. The fourth-order valence-corrected chi connectivity index (χ4v) is 3.43. The van der Waals surface area contributed by atoms with Gasteiger partial charge in [0.1, 0.15) is 6.61 Å². The van der Waals surface area contributed by atoms with E-state index in [0.29, 0.717) is 27.8 Å². The molecule has 0 amide bonds. The van der Waals surface area contributed by atoms with Gasteiger partial charge in [0.2, 0.25) is 0 Å². The smallest absolute Gasteiger partial charge is 0.258 e. The average Bonchev–Trinajstić information content (AvgIpc) is 2.55. The largest absolute Gasteiger partial charge is 0.487 e. The van der Waals surface area contributed by atoms with Crippen LogP contribution in [-0.2, 0) is 0 Å². The Hall–Kier alpha value is -2.18. The van der Waals surface area contributed by atoms with Gasteiger partial charge in [0, 0.05) is 23.0 Å². The summed E-state index contributed by atoms with van der Waals surface area (Å²) in [5.41, 5.74) is 6.23. The third kappa shape index (κ3) is 3.39. The molecule has 0 aliphatic carbocycles. The molecular formula is C19H21ClFN3O2. The number of aryl methyl sites for hydroxylation is 1. The van der Waals surface area contributed by atoms with E-state index < -0.39 is 11.4 Å². The molecule has 0 saturated heterocycles. The highest BCUT2D eigenvalue weighted by atomic mass is 35.5. The number of fused-ring (bicyclic) bond motifs is 3. The molecule has 0 saturated carbocycles. The zero-order chi connectivity index (χ0) is 19.0. The summed E-state index contributed by atoms with van der Waals surface area (Å²) in [5.74, 6) is -0.387. The Morgan fingerprint density at radius 1 is 1.38 bits per heavy atom. The summed E-state index contributed by atoms with van der Waals surface area (Å²) in [6.07, 6.45) is 2.33. The zero-order valence-corrected chi connectivity index (χ0v) is 15.7. The van der Waals surface area contributed by atoms with Crippen molar-refractivity contribution in [1.29, 1.82) is 0 Å². The molecule has 2 heterocycles. The van der Waals surface area contributed by atoms with Gasteiger partial charge in [-0.2, -0.15) is 0 Å². The predicted molar refractivity (Wildman–Crippen MR) is 103 cm³/mol. The molecule has 2 aromatic heterocycles. The van der Waals surface area contributed by atoms with Crippen LogP contribution in [-0.4, -0.2) is 22.6 Å². The lowest BCUT2D eigenvalue weighted by atomic mass is 10.1. The summed E-state index contributed by atoms with van der Waals surface area (Å²) in [6.45, 7) is 5.97. The number of nitrogens with two attached hydrogens (primary N) is 1. The van der Waals surface area contributed by atoms with Crippen molar-refractivity contribution in [3.8, 4) is 5.75 Å². The van der Waals surface area contributed by atoms with Crippen LogP contribution in [0.5, 0.6) is 5.75 Å². The van der Waals surface area contributed by atoms with Crippen LogP contribution in [0.25, 0.3) is 21.7 Å². The van der Waals surface area contributed by atoms with Gasteiger partial charge >= 0.3 is 0 Å². The molecule has 7 heteroatoms. The van der Waals surface area contributed by atoms with Crippen LogP contribution in [0.4, 0.5) is 4.39 Å². The highest BCUT2D eigenvalue weighted by molar-refractivity contribution is 6.33. The second-order valence-electron chi connectivity index (χ2n) is 6.90. The number of nitrogens with one attached hydrogen (secondary N) is 1. The number of aromatic nitrogens is 2. The first-order chi connectivity index (χ1) is 12.3. The van der Waals surface area contributed by atoms with Crippen molar-refractivity contribution in [1.82, 2.24) is 9.97 Å². The number of ether oxygens (including phenoxy) is 1. The maximum atomic E-state index is 15.0. The number of H-pyrrole nitrogens is 1. The molecule has 1 unspecified atom stereocenters. The van der Waals surface area contributed by atoms with Crippen molar-refractivity contribution in [3.05, 3.63) is 45.2 Å². The number of pyridine rings is 2. The van der Waals surface area contributed by atoms with Crippen molar-refractivity contribution in [2.24, 2.45) is 11.7 Å². The van der Waals surface area contributed by atoms with Gasteiger partial charge in [-0.1, -0.05) is 25.4 Å². The first-order valence-corrected chi connectivity index (χ1v) is 8.85. The molecule has 26 heavy (non-hydrogen) atoms. The Morgan fingerprint density at radius 3 is 2.81 bits per heavy atom. The maximum absolute atomic E-state index is 15.0. The molecule has 5 nitrogen and oxygen atoms in total. The summed E-state index contributed by atoms with van der Waals surface area (Å²) < 4.78 is 20.6. The normalized spacial score (nSPS) is 12.9. The van der Waals surface area contributed by atoms with Crippen LogP contribution in [0.3, 0.4) is 0 Å². The van der Waals surface area contributed by atoms with Gasteiger partial charge in [0.05, 0.1) is 21.6 Å². The lowest BCUT2D eigenvalue weighted by Gasteiger charge is -2.17. The molecule has 0 aliphatic heterocycles. The predicted octanol–water partition coefficient (Wildman–Crippen LogP) is 3.93. The molecule has 0 spiro atoms. The standard InChI is InChI=1S/C19H21ClFN3O2/c1-9(2)6-11(22)8-26-18-14(20)7-13-12-4-5-23-10(3)15(12)19(25)24-17(13)16(18)21/h4-5,7,9,11H,6,8,22H2,1-3H3,(H,24,25). The van der Waals surface area contributed by atoms with E-state index in [1.165, 1.54) is 0 Å². The lowest BCUT2D eigenvalue weighted by molar-refractivity contribution is 0.261. The van der Waals surface area contributed by atoms with Crippen LogP contribution in [0.2, 0.25) is 5.02 Å². The highest BCUT2D eigenvalue weighted by Gasteiger charge is 2.19. The molecule has 0 bridgehead atoms. The molecule has 1 aromatic carbocycles. The minimum absolute atomic E-state index is 0.0601. The van der Waals surface area contributed by atoms with Crippen molar-refractivity contribution in [2.75, 3.05) is 6.61 Å². The van der Waals surface area contributed by atoms with E-state index in [2.05, 4.69) is 23.8 Å². The van der Waals surface area contributed by atoms with E-state index >= 15 is 4.39 Å². The van der Waals surface area contributed by atoms with Gasteiger partial charge in [-0.15, -0.1) is 0 Å². The molecular weight excluding hydrogens is 357 g/mol. The zero-order valence-electron chi connectivity index (χ0n) is 14.9. The third-order valence-electron chi connectivity index (χ3n) is 4.29. The first kappa shape index (κ1) is 18.6. The van der Waals surface area contributed by atoms with Crippen LogP contribution >= 0.6 is 11.6 Å². The van der Waals surface area contributed by atoms with Crippen LogP contribution < -0.4 is 16.0 Å². The van der Waals surface area contributed by atoms with Gasteiger partial charge < -0.3 is 15.5 Å². The Kier molecular flexibility index (Phi) is 5.16. The summed E-state index contributed by atoms with van der Waals surface area (Å²) in [6, 6.07) is 3.04. The number of hydrogen-bond donors (Lipinski definition) is 2. The lowest BCUT2D eigenvalue weighted by Crippen LogP contribution is -2.29. The van der Waals surface area contributed by atoms with Crippen LogP contribution in [0, 0.1) is 18.7 Å². The van der Waals surface area contributed by atoms with Gasteiger partial charge in [0.15, 0.2) is 11.6 Å². The number of benzene rings is 1. The van der Waals surface area contributed by atoms with E-state index in [0.717, 1.165) is 6.42 Å². The van der Waals surface area contributed by atoms with Gasteiger partial charge in [-0.3, -0.25) is 9.78 Å². The molecule has 0 fully saturated rings. The quantitative estimate of drug-likeness (QED) is 0.660. The van der Waals surface area contributed by atoms with Crippen molar-refractivity contribution in [3.63, 3.8) is 0 Å². The SMILES string of the molecule is Cc1nccc2c1c(=O)[nH]c1c(F)c(OCC(N)CC(C)C)c(Cl)cc12. The van der Waals surface area contributed by atoms with Crippen LogP contribution in [0.1, 0.15) is 26.0 Å². The highest BCUT2D eigenvalue weighted by Crippen LogP contribution is 2.35. The molecule has 1 atom stereocenters. The Balaban J connectivity index is 2.11. The second-order valence-corrected chi connectivity index (χ2v) is 7.30. The minimum Gasteiger partial charge on any atom is -0.487 e. The van der Waals surface area contributed by atoms with Gasteiger partial charge in [0.25, 0.3) is 5.56 Å². The Bertz CT molecular complexity index is 1030. The van der Waals surface area contributed by atoms with E-state index in [9.17, 15) is 4.79 Å². The van der Waals surface area contributed by atoms with Crippen LogP contribution in [0.15, 0.2) is 23.1 Å². The van der Waals surface area contributed by atoms with E-state index in [1.54, 1.807) is 25.3 Å². The summed E-state index contributed by atoms with van der Waals surface area (Å²) in [5, 5.41) is 1.66. The summed E-state index contributed by atoms with van der Waals surface area (Å²) in [4.78, 5) is 19.1. The average molecular weight is 378 g/mol. The van der Waals surface area contributed by atoms with E-state index in [4.69, 9.17) is 22.1 Å². The maximum Gasteiger partial charge on any atom is 0.258 e. The van der Waals surface area contributed by atoms with E-state index in [1.807, 2.05) is 0 Å². The van der Waals surface area contributed by atoms with Crippen molar-refractivity contribution >= 4 is 33.3 Å². The number of halogens is 2. The topological polar surface area (TPSA) is 81.0 Å². The number of hydrogen-bond acceptors (Lipinski definition) is 4. The first-order valence-electron chi connectivity index (χ1n) is 8.47. The molecule has 138 valence electrons. The number of rotatable bonds is 5. The number of nitrogens with zero attached hydrogens (tertiary/aromatic N) is 1. The van der Waals surface area contributed by atoms with Crippen molar-refractivity contribution in [2.45, 2.75) is 33.2 Å². The Morgan fingerprint density at radius 2 is 2.12 bits per heavy atom. The molecule has 3 rings (SSSR count). The number of aromatic amines is 1. The third-order valence-corrected chi connectivity index (χ3v) is 4.57. The second kappa shape index (κ2) is 7.21. The molecule has 0 radical (unpaired) electrons. The van der Waals surface area contributed by atoms with Crippen molar-refractivity contribution < 1.29 is 9.13 Å². The van der Waals surface area contributed by atoms with E-state index in [-0.39, 0.29) is 28.9 Å². The fraction of sp³-hybridized carbons (Fsp3) is 0.368. The fourth-order valence-electron chi connectivity index (χ4n) is 3.19. The monoisotopic (exact) mass is 377 g/mol. The Labute approximate surface area is 155 Å².